The van der Waals surface area contributed by atoms with E-state index in [4.69, 9.17) is 15.3 Å². The van der Waals surface area contributed by atoms with Crippen molar-refractivity contribution >= 4 is 129 Å². The van der Waals surface area contributed by atoms with Crippen LogP contribution in [0.25, 0.3) is 0 Å². The number of hydrogen-bond acceptors (Lipinski definition) is 10. The predicted molar refractivity (Wildman–Crippen MR) is 346 cm³/mol. The quantitative estimate of drug-likeness (QED) is 0.136. The van der Waals surface area contributed by atoms with Crippen molar-refractivity contribution in [1.82, 2.24) is 0 Å². The molecule has 1 aliphatic rings. The van der Waals surface area contributed by atoms with Gasteiger partial charge in [-0.1, -0.05) is 0 Å². The van der Waals surface area contributed by atoms with Crippen LogP contribution in [0.2, 0.25) is 0 Å². The minimum absolute atomic E-state index is 0.104. The van der Waals surface area contributed by atoms with Gasteiger partial charge in [0.05, 0.1) is 0 Å². The van der Waals surface area contributed by atoms with Crippen LogP contribution in [0.5, 0.6) is 0 Å². The summed E-state index contributed by atoms with van der Waals surface area (Å²) in [6.07, 6.45) is 0. The first kappa shape index (κ1) is 60.8. The maximum atomic E-state index is 16.3. The van der Waals surface area contributed by atoms with Gasteiger partial charge in [-0.15, -0.1) is 0 Å². The molecule has 0 radical (unpaired) electrons. The molecule has 0 saturated heterocycles. The minimum atomic E-state index is -5.58. The summed E-state index contributed by atoms with van der Waals surface area (Å²) in [6.45, 7) is 15.7. The van der Waals surface area contributed by atoms with Crippen molar-refractivity contribution in [1.29, 1.82) is 0 Å². The number of carbonyl (C=O) groups excluding carboxylic acids is 4. The molecule has 10 aromatic rings. The Labute approximate surface area is 522 Å². The number of aryl methyl sites for hydroxylation is 8. The normalized spacial score (nSPS) is 17.2. The van der Waals surface area contributed by atoms with Gasteiger partial charge in [0.1, 0.15) is 0 Å². The second-order valence-electron chi connectivity index (χ2n) is 21.2. The zero-order chi connectivity index (χ0) is 60.4. The molecule has 0 aliphatic carbocycles. The van der Waals surface area contributed by atoms with Crippen LogP contribution in [0.15, 0.2) is 243 Å². The van der Waals surface area contributed by atoms with Crippen LogP contribution in [0.3, 0.4) is 0 Å². The molecular formula is C72H64O10Te4. The van der Waals surface area contributed by atoms with E-state index in [1.807, 2.05) is 250 Å². The zero-order valence-electron chi connectivity index (χ0n) is 48.8. The molecule has 1 heterocycles. The van der Waals surface area contributed by atoms with E-state index in [9.17, 15) is 0 Å². The van der Waals surface area contributed by atoms with E-state index < -0.39 is 99.9 Å². The molecule has 0 fully saturated rings. The third-order valence-corrected chi connectivity index (χ3v) is 56.2. The molecular weight excluding hydrogens is 1540 g/mol. The fourth-order valence-electron chi connectivity index (χ4n) is 9.59. The molecule has 0 amide bonds. The van der Waals surface area contributed by atoms with Gasteiger partial charge in [0.2, 0.25) is 0 Å². The van der Waals surface area contributed by atoms with Crippen molar-refractivity contribution in [3.63, 3.8) is 0 Å². The molecule has 10 nitrogen and oxygen atoms in total. The number of fused-ring (bicyclic) bond motifs is 2. The van der Waals surface area contributed by atoms with Crippen molar-refractivity contribution in [3.05, 3.63) is 309 Å². The zero-order valence-corrected chi connectivity index (χ0v) is 58.1. The summed E-state index contributed by atoms with van der Waals surface area (Å²) >= 11 is -22.3. The Bertz CT molecular complexity index is 3410. The molecule has 0 bridgehead atoms. The molecule has 10 aromatic carbocycles. The molecule has 0 aromatic heterocycles. The summed E-state index contributed by atoms with van der Waals surface area (Å²) in [6, 6.07) is 74.4. The second-order valence-corrected chi connectivity index (χ2v) is 51.4. The van der Waals surface area contributed by atoms with E-state index in [0.29, 0.717) is 28.9 Å². The molecule has 436 valence electrons. The topological polar surface area (TPSA) is 124 Å². The van der Waals surface area contributed by atoms with Crippen LogP contribution in [0.4, 0.5) is 0 Å². The fraction of sp³-hybridized carbons (Fsp3) is 0.111. The average molecular weight is 1600 g/mol. The van der Waals surface area contributed by atoms with E-state index in [0.717, 1.165) is 44.5 Å². The van der Waals surface area contributed by atoms with Crippen LogP contribution < -0.4 is 28.9 Å². The van der Waals surface area contributed by atoms with Crippen LogP contribution >= 0.6 is 0 Å². The van der Waals surface area contributed by atoms with Gasteiger partial charge in [-0.2, -0.15) is 0 Å². The molecule has 14 heteroatoms. The van der Waals surface area contributed by atoms with Crippen LogP contribution in [0.1, 0.15) is 85.9 Å². The van der Waals surface area contributed by atoms with Gasteiger partial charge < -0.3 is 0 Å². The third-order valence-electron chi connectivity index (χ3n) is 14.5. The second kappa shape index (κ2) is 25.5. The summed E-state index contributed by atoms with van der Waals surface area (Å²) in [5.74, 6) is -3.47. The van der Waals surface area contributed by atoms with Gasteiger partial charge in [-0.05, 0) is 0 Å². The Morgan fingerprint density at radius 1 is 0.198 bits per heavy atom. The first-order chi connectivity index (χ1) is 41.4. The molecule has 86 heavy (non-hydrogen) atoms. The van der Waals surface area contributed by atoms with E-state index in [1.54, 1.807) is 48.5 Å². The van der Waals surface area contributed by atoms with Crippen molar-refractivity contribution in [2.75, 3.05) is 0 Å². The Morgan fingerprint density at radius 3 is 0.453 bits per heavy atom. The van der Waals surface area contributed by atoms with Crippen LogP contribution in [-0.2, 0) is 15.3 Å². The molecule has 0 spiro atoms. The number of carbonyl (C=O) groups is 4. The Hall–Kier alpha value is -6.84. The molecule has 1 aliphatic heterocycles. The van der Waals surface area contributed by atoms with Gasteiger partial charge >= 0.3 is 528 Å². The summed E-state index contributed by atoms with van der Waals surface area (Å²) < 4.78 is 50.5. The molecule has 11 rings (SSSR count). The number of rotatable bonds is 8. The van der Waals surface area contributed by atoms with E-state index >= 15 is 19.2 Å². The van der Waals surface area contributed by atoms with E-state index in [-0.39, 0.29) is 22.3 Å². The SMILES string of the molecule is Cc1ccc([Te]2(c3ccc(C)cc3)OC(=O)c3ccccc3C(=O)O[Te](c3ccc(C)cc3)(c3ccc(C)cc3)O[Te](c3ccc(C)cc3)(c3ccc(C)cc3)OC(=O)c3ccccc3C(=O)O[Te](c3ccc(C)cc3)(c3ccc(C)cc3)O2)cc1. The summed E-state index contributed by atoms with van der Waals surface area (Å²) in [5, 5.41) is 0. The van der Waals surface area contributed by atoms with Crippen molar-refractivity contribution in [3.8, 4) is 0 Å². The number of benzene rings is 10. The molecule has 0 atom stereocenters. The van der Waals surface area contributed by atoms with Crippen LogP contribution in [-0.4, -0.2) is 99.9 Å². The van der Waals surface area contributed by atoms with Gasteiger partial charge in [0.15, 0.2) is 0 Å². The van der Waals surface area contributed by atoms with Crippen LogP contribution in [0, 0.1) is 55.4 Å². The monoisotopic (exact) mass is 1610 g/mol. The summed E-state index contributed by atoms with van der Waals surface area (Å²) in [7, 11) is 0. The summed E-state index contributed by atoms with van der Waals surface area (Å²) in [5.41, 5.74) is 7.08. The van der Waals surface area contributed by atoms with Gasteiger partial charge in [0.25, 0.3) is 0 Å². The molecule has 0 saturated carbocycles. The molecule has 0 unspecified atom stereocenters. The predicted octanol–water partition coefficient (Wildman–Crippen LogP) is 9.55. The molecule has 0 N–H and O–H groups in total. The van der Waals surface area contributed by atoms with Gasteiger partial charge in [-0.25, -0.2) is 0 Å². The van der Waals surface area contributed by atoms with Gasteiger partial charge in [-0.3, -0.25) is 0 Å². The maximum absolute atomic E-state index is 16.3. The van der Waals surface area contributed by atoms with Crippen molar-refractivity contribution in [2.24, 2.45) is 0 Å². The van der Waals surface area contributed by atoms with E-state index in [2.05, 4.69) is 0 Å². The Morgan fingerprint density at radius 2 is 0.326 bits per heavy atom. The fourth-order valence-corrected chi connectivity index (χ4v) is 57.8. The van der Waals surface area contributed by atoms with Crippen molar-refractivity contribution in [2.45, 2.75) is 55.4 Å². The first-order valence-electron chi connectivity index (χ1n) is 27.8. The van der Waals surface area contributed by atoms with E-state index in [1.165, 1.54) is 0 Å². The summed E-state index contributed by atoms with van der Waals surface area (Å²) in [4.78, 5) is 65.1. The van der Waals surface area contributed by atoms with Gasteiger partial charge in [0, 0.05) is 0 Å². The third kappa shape index (κ3) is 12.2. The Kier molecular flexibility index (Phi) is 18.0. The Balaban J connectivity index is 1.27. The average Bonchev–Trinajstić information content (AvgIpc) is 0.806. The number of hydrogen-bond donors (Lipinski definition) is 0. The first-order valence-corrected chi connectivity index (χ1v) is 44.8. The van der Waals surface area contributed by atoms with Crippen molar-refractivity contribution < 1.29 is 34.5 Å². The standard InChI is InChI=1S/C72H64O10Te4/c1-49-17-33-57(34-18-49)83(58-35-19-50(2)20-36-58)77-69(73)65-13-9-10-14-66(65)71(75)79-85(61-41-25-53(5)26-42-61,62-43-27-54(6)28-44-62)82-86(63-45-29-55(7)30-46-63,64-47-31-56(8)32-48-64)80-72(76)68-16-12-11-15-67(68)70(74)78-84(81-83,59-37-21-51(3)22-38-59)60-39-23-52(4)24-40-60/h9-48H,1-8H3.